The van der Waals surface area contributed by atoms with Crippen LogP contribution in [0, 0.1) is 5.92 Å². The summed E-state index contributed by atoms with van der Waals surface area (Å²) in [5.41, 5.74) is 6.77. The Kier molecular flexibility index (Phi) is 10.1. The minimum atomic E-state index is -0.412. The maximum absolute atomic E-state index is 10.6. The van der Waals surface area contributed by atoms with E-state index in [0.29, 0.717) is 5.92 Å². The van der Waals surface area contributed by atoms with Crippen LogP contribution in [0.3, 0.4) is 0 Å². The maximum atomic E-state index is 10.6. The zero-order valence-corrected chi connectivity index (χ0v) is 11.5. The number of nitrogens with two attached hydrogens (primary N) is 1. The van der Waals surface area contributed by atoms with E-state index in [0.717, 1.165) is 37.8 Å². The number of hydrogen-bond donors (Lipinski definition) is 2. The van der Waals surface area contributed by atoms with Crippen molar-refractivity contribution in [2.24, 2.45) is 11.7 Å². The molecule has 3 nitrogen and oxygen atoms in total. The van der Waals surface area contributed by atoms with E-state index in [1.165, 1.54) is 12.8 Å². The molecule has 0 bridgehead atoms. The van der Waals surface area contributed by atoms with Gasteiger partial charge in [0.2, 0.25) is 0 Å². The van der Waals surface area contributed by atoms with Gasteiger partial charge in [-0.05, 0) is 51.6 Å². The van der Waals surface area contributed by atoms with E-state index in [2.05, 4.69) is 19.2 Å². The zero-order chi connectivity index (χ0) is 13.1. The first-order valence-corrected chi connectivity index (χ1v) is 6.72. The van der Waals surface area contributed by atoms with Crippen LogP contribution in [0.1, 0.15) is 46.5 Å². The van der Waals surface area contributed by atoms with Crippen LogP contribution < -0.4 is 11.1 Å². The summed E-state index contributed by atoms with van der Waals surface area (Å²) < 4.78 is 0. The van der Waals surface area contributed by atoms with Crippen molar-refractivity contribution in [1.82, 2.24) is 5.32 Å². The highest BCUT2D eigenvalue weighted by molar-refractivity contribution is 5.62. The second-order valence-corrected chi connectivity index (χ2v) is 4.71. The molecule has 2 atom stereocenters. The molecule has 0 spiro atoms. The minimum Gasteiger partial charge on any atom is -0.318 e. The van der Waals surface area contributed by atoms with E-state index in [-0.39, 0.29) is 0 Å². The van der Waals surface area contributed by atoms with Gasteiger partial charge in [-0.2, -0.15) is 0 Å². The number of aldehydes is 1. The van der Waals surface area contributed by atoms with Crippen LogP contribution >= 0.6 is 0 Å². The van der Waals surface area contributed by atoms with Crippen LogP contribution in [0.25, 0.3) is 0 Å². The molecule has 0 saturated heterocycles. The second kappa shape index (κ2) is 10.5. The van der Waals surface area contributed by atoms with Gasteiger partial charge in [0.25, 0.3) is 0 Å². The molecule has 100 valence electrons. The highest BCUT2D eigenvalue weighted by Crippen LogP contribution is 2.15. The molecule has 0 aliphatic heterocycles. The van der Waals surface area contributed by atoms with Crippen molar-refractivity contribution >= 4 is 6.29 Å². The highest BCUT2D eigenvalue weighted by Gasteiger charge is 2.09. The number of carbonyl (C=O) groups is 1. The monoisotopic (exact) mass is 240 g/mol. The lowest BCUT2D eigenvalue weighted by Crippen LogP contribution is -2.24. The topological polar surface area (TPSA) is 55.1 Å². The molecule has 0 heterocycles. The fourth-order valence-corrected chi connectivity index (χ4v) is 1.80. The average Bonchev–Trinajstić information content (AvgIpc) is 2.35. The Morgan fingerprint density at radius 3 is 2.59 bits per heavy atom. The molecule has 1 unspecified atom stereocenters. The van der Waals surface area contributed by atoms with Gasteiger partial charge in [-0.1, -0.05) is 25.5 Å². The van der Waals surface area contributed by atoms with Crippen LogP contribution in [-0.4, -0.2) is 25.4 Å². The van der Waals surface area contributed by atoms with E-state index in [1.807, 2.05) is 13.0 Å². The Balaban J connectivity index is 3.74. The predicted molar refractivity (Wildman–Crippen MR) is 74.0 cm³/mol. The van der Waals surface area contributed by atoms with Gasteiger partial charge in [-0.25, -0.2) is 0 Å². The van der Waals surface area contributed by atoms with Crippen molar-refractivity contribution in [2.45, 2.75) is 52.5 Å². The quantitative estimate of drug-likeness (QED) is 0.350. The van der Waals surface area contributed by atoms with Crippen molar-refractivity contribution in [3.8, 4) is 0 Å². The van der Waals surface area contributed by atoms with Crippen LogP contribution in [0.15, 0.2) is 11.6 Å². The summed E-state index contributed by atoms with van der Waals surface area (Å²) in [5.74, 6) is 0.674. The Labute approximate surface area is 106 Å². The van der Waals surface area contributed by atoms with Crippen molar-refractivity contribution in [3.63, 3.8) is 0 Å². The molecular formula is C14H28N2O. The summed E-state index contributed by atoms with van der Waals surface area (Å²) in [6.45, 7) is 8.57. The van der Waals surface area contributed by atoms with E-state index >= 15 is 0 Å². The third-order valence-electron chi connectivity index (χ3n) is 3.11. The van der Waals surface area contributed by atoms with Gasteiger partial charge >= 0.3 is 0 Å². The molecule has 0 saturated carbocycles. The largest absolute Gasteiger partial charge is 0.318 e. The van der Waals surface area contributed by atoms with E-state index in [1.54, 1.807) is 0 Å². The molecule has 0 aromatic heterocycles. The Morgan fingerprint density at radius 1 is 1.35 bits per heavy atom. The molecule has 0 fully saturated rings. The SMILES string of the molecule is C/C=C(\CC[C@@H](C)CCNCCC)C(N)C=O. The summed E-state index contributed by atoms with van der Waals surface area (Å²) in [6.07, 6.45) is 7.21. The van der Waals surface area contributed by atoms with Gasteiger partial charge in [0, 0.05) is 0 Å². The molecule has 3 N–H and O–H groups in total. The molecular weight excluding hydrogens is 212 g/mol. The number of hydrogen-bond acceptors (Lipinski definition) is 3. The molecule has 0 aromatic carbocycles. The van der Waals surface area contributed by atoms with Crippen LogP contribution in [0.2, 0.25) is 0 Å². The summed E-state index contributed by atoms with van der Waals surface area (Å²) in [7, 11) is 0. The summed E-state index contributed by atoms with van der Waals surface area (Å²) >= 11 is 0. The number of rotatable bonds is 10. The van der Waals surface area contributed by atoms with Crippen LogP contribution in [0.5, 0.6) is 0 Å². The molecule has 3 heteroatoms. The number of carbonyl (C=O) groups excluding carboxylic acids is 1. The van der Waals surface area contributed by atoms with Crippen molar-refractivity contribution in [1.29, 1.82) is 0 Å². The van der Waals surface area contributed by atoms with Gasteiger partial charge < -0.3 is 15.8 Å². The van der Waals surface area contributed by atoms with E-state index < -0.39 is 6.04 Å². The zero-order valence-electron chi connectivity index (χ0n) is 11.5. The first-order chi connectivity index (χ1) is 8.15. The minimum absolute atomic E-state index is 0.412. The first-order valence-electron chi connectivity index (χ1n) is 6.72. The lowest BCUT2D eigenvalue weighted by Gasteiger charge is -2.15. The lowest BCUT2D eigenvalue weighted by atomic mass is 9.95. The summed E-state index contributed by atoms with van der Waals surface area (Å²) in [5, 5.41) is 3.41. The van der Waals surface area contributed by atoms with Crippen LogP contribution in [-0.2, 0) is 4.79 Å². The third-order valence-corrected chi connectivity index (χ3v) is 3.11. The standard InChI is InChI=1S/C14H28N2O/c1-4-9-16-10-8-12(3)6-7-13(5-2)14(15)11-17/h5,11-12,14,16H,4,6-10,15H2,1-3H3/b13-5+/t12-,14?/m1/s1. The average molecular weight is 240 g/mol. The molecule has 17 heavy (non-hydrogen) atoms. The van der Waals surface area contributed by atoms with Crippen LogP contribution in [0.4, 0.5) is 0 Å². The Hall–Kier alpha value is -0.670. The molecule has 0 aromatic rings. The molecule has 0 rings (SSSR count). The number of allylic oxidation sites excluding steroid dienone is 1. The summed E-state index contributed by atoms with van der Waals surface area (Å²) in [4.78, 5) is 10.6. The van der Waals surface area contributed by atoms with Gasteiger partial charge in [-0.3, -0.25) is 0 Å². The van der Waals surface area contributed by atoms with E-state index in [4.69, 9.17) is 5.73 Å². The van der Waals surface area contributed by atoms with Crippen molar-refractivity contribution in [3.05, 3.63) is 11.6 Å². The molecule has 0 aliphatic rings. The number of nitrogens with one attached hydrogen (secondary N) is 1. The lowest BCUT2D eigenvalue weighted by molar-refractivity contribution is -0.108. The molecule has 0 aliphatic carbocycles. The van der Waals surface area contributed by atoms with E-state index in [9.17, 15) is 4.79 Å². The smallest absolute Gasteiger partial charge is 0.140 e. The normalized spacial score (nSPS) is 15.6. The second-order valence-electron chi connectivity index (χ2n) is 4.71. The van der Waals surface area contributed by atoms with Gasteiger partial charge in [0.15, 0.2) is 0 Å². The maximum Gasteiger partial charge on any atom is 0.140 e. The van der Waals surface area contributed by atoms with Crippen molar-refractivity contribution < 1.29 is 4.79 Å². The van der Waals surface area contributed by atoms with Gasteiger partial charge in [-0.15, -0.1) is 0 Å². The van der Waals surface area contributed by atoms with Crippen molar-refractivity contribution in [2.75, 3.05) is 13.1 Å². The summed E-state index contributed by atoms with van der Waals surface area (Å²) in [6, 6.07) is -0.412. The Morgan fingerprint density at radius 2 is 2.06 bits per heavy atom. The first kappa shape index (κ1) is 16.3. The van der Waals surface area contributed by atoms with Gasteiger partial charge in [0.1, 0.15) is 6.29 Å². The fraction of sp³-hybridized carbons (Fsp3) is 0.786. The van der Waals surface area contributed by atoms with Gasteiger partial charge in [0.05, 0.1) is 6.04 Å². The molecule has 0 amide bonds. The fourth-order valence-electron chi connectivity index (χ4n) is 1.80. The highest BCUT2D eigenvalue weighted by atomic mass is 16.1. The Bertz CT molecular complexity index is 226. The molecule has 0 radical (unpaired) electrons. The predicted octanol–water partition coefficient (Wildman–Crippen LogP) is 2.26. The third kappa shape index (κ3) is 8.11.